The van der Waals surface area contributed by atoms with E-state index in [1.165, 1.54) is 0 Å². The van der Waals surface area contributed by atoms with Gasteiger partial charge in [0.1, 0.15) is 17.3 Å². The van der Waals surface area contributed by atoms with E-state index in [-0.39, 0.29) is 5.84 Å². The van der Waals surface area contributed by atoms with E-state index in [0.717, 1.165) is 4.47 Å². The summed E-state index contributed by atoms with van der Waals surface area (Å²) in [5, 5.41) is 7.74. The van der Waals surface area contributed by atoms with Crippen molar-refractivity contribution in [1.29, 1.82) is 5.41 Å². The molecule has 5 heteroatoms. The Labute approximate surface area is 118 Å². The molecule has 0 fully saturated rings. The third-order valence-corrected chi connectivity index (χ3v) is 3.25. The van der Waals surface area contributed by atoms with Crippen LogP contribution < -0.4 is 10.5 Å². The zero-order valence-corrected chi connectivity index (χ0v) is 11.6. The molecule has 0 radical (unpaired) electrons. The maximum Gasteiger partial charge on any atom is 0.146 e. The van der Waals surface area contributed by atoms with E-state index in [9.17, 15) is 0 Å². The molecule has 0 bridgehead atoms. The first-order chi connectivity index (χ1) is 8.58. The Hall–Kier alpha value is -1.52. The van der Waals surface area contributed by atoms with Crippen LogP contribution in [0.2, 0.25) is 5.02 Å². The van der Waals surface area contributed by atoms with Crippen molar-refractivity contribution in [2.75, 3.05) is 0 Å². The Morgan fingerprint density at radius 2 is 1.89 bits per heavy atom. The number of hydrogen-bond acceptors (Lipinski definition) is 2. The van der Waals surface area contributed by atoms with E-state index in [0.29, 0.717) is 22.1 Å². The van der Waals surface area contributed by atoms with Crippen LogP contribution in [0.15, 0.2) is 46.9 Å². The molecule has 0 heterocycles. The van der Waals surface area contributed by atoms with Crippen molar-refractivity contribution in [2.45, 2.75) is 0 Å². The summed E-state index contributed by atoms with van der Waals surface area (Å²) in [5.74, 6) is 1.17. The monoisotopic (exact) mass is 324 g/mol. The molecule has 2 rings (SSSR count). The first kappa shape index (κ1) is 12.9. The van der Waals surface area contributed by atoms with Gasteiger partial charge in [-0.2, -0.15) is 0 Å². The number of benzene rings is 2. The molecule has 0 aromatic heterocycles. The average Bonchev–Trinajstić information content (AvgIpc) is 2.34. The second-order valence-corrected chi connectivity index (χ2v) is 4.85. The molecule has 0 saturated heterocycles. The van der Waals surface area contributed by atoms with Gasteiger partial charge in [0.25, 0.3) is 0 Å². The predicted molar refractivity (Wildman–Crippen MR) is 76.7 cm³/mol. The van der Waals surface area contributed by atoms with E-state index in [2.05, 4.69) is 15.9 Å². The van der Waals surface area contributed by atoms with Crippen molar-refractivity contribution in [3.8, 4) is 11.5 Å². The molecule has 0 atom stereocenters. The van der Waals surface area contributed by atoms with Gasteiger partial charge in [-0.3, -0.25) is 5.41 Å². The molecule has 92 valence electrons. The highest BCUT2D eigenvalue weighted by atomic mass is 79.9. The topological polar surface area (TPSA) is 59.1 Å². The predicted octanol–water partition coefficient (Wildman–Crippen LogP) is 4.18. The fraction of sp³-hybridized carbons (Fsp3) is 0. The smallest absolute Gasteiger partial charge is 0.146 e. The lowest BCUT2D eigenvalue weighted by atomic mass is 10.2. The molecule has 0 amide bonds. The van der Waals surface area contributed by atoms with Gasteiger partial charge in [-0.05, 0) is 46.3 Å². The van der Waals surface area contributed by atoms with E-state index >= 15 is 0 Å². The fourth-order valence-electron chi connectivity index (χ4n) is 1.40. The summed E-state index contributed by atoms with van der Waals surface area (Å²) in [4.78, 5) is 0. The molecule has 0 aliphatic carbocycles. The van der Waals surface area contributed by atoms with Crippen molar-refractivity contribution in [3.63, 3.8) is 0 Å². The van der Waals surface area contributed by atoms with Crippen LogP contribution in [0.5, 0.6) is 11.5 Å². The standard InChI is InChI=1S/C13H10BrClN2O/c14-9-3-1-2-4-11(9)18-12-6-5-8(13(16)17)7-10(12)15/h1-7H,(H3,16,17). The maximum absolute atomic E-state index is 7.33. The second kappa shape index (κ2) is 5.42. The first-order valence-electron chi connectivity index (χ1n) is 5.14. The lowest BCUT2D eigenvalue weighted by molar-refractivity contribution is 0.480. The van der Waals surface area contributed by atoms with E-state index in [1.807, 2.05) is 24.3 Å². The van der Waals surface area contributed by atoms with E-state index in [1.54, 1.807) is 18.2 Å². The van der Waals surface area contributed by atoms with Gasteiger partial charge in [-0.15, -0.1) is 0 Å². The van der Waals surface area contributed by atoms with Crippen LogP contribution >= 0.6 is 27.5 Å². The van der Waals surface area contributed by atoms with E-state index < -0.39 is 0 Å². The molecule has 0 saturated carbocycles. The molecule has 3 N–H and O–H groups in total. The number of nitrogen functional groups attached to an aromatic ring is 1. The number of para-hydroxylation sites is 1. The molecule has 18 heavy (non-hydrogen) atoms. The van der Waals surface area contributed by atoms with Crippen molar-refractivity contribution in [1.82, 2.24) is 0 Å². The number of rotatable bonds is 3. The van der Waals surface area contributed by atoms with Gasteiger partial charge < -0.3 is 10.5 Å². The number of nitrogens with one attached hydrogen (secondary N) is 1. The van der Waals surface area contributed by atoms with Crippen LogP contribution in [0, 0.1) is 5.41 Å². The molecule has 0 aliphatic rings. The largest absolute Gasteiger partial charge is 0.455 e. The maximum atomic E-state index is 7.33. The van der Waals surface area contributed by atoms with Crippen LogP contribution in [-0.2, 0) is 0 Å². The summed E-state index contributed by atoms with van der Waals surface area (Å²) in [7, 11) is 0. The third kappa shape index (κ3) is 2.83. The zero-order chi connectivity index (χ0) is 13.1. The normalized spacial score (nSPS) is 10.1. The summed E-state index contributed by atoms with van der Waals surface area (Å²) in [6.45, 7) is 0. The molecule has 0 unspecified atom stereocenters. The number of halogens is 2. The molecular weight excluding hydrogens is 316 g/mol. The van der Waals surface area contributed by atoms with Gasteiger partial charge in [0.15, 0.2) is 0 Å². The first-order valence-corrected chi connectivity index (χ1v) is 6.31. The van der Waals surface area contributed by atoms with Gasteiger partial charge in [0.05, 0.1) is 9.50 Å². The van der Waals surface area contributed by atoms with Gasteiger partial charge in [0, 0.05) is 5.56 Å². The Morgan fingerprint density at radius 1 is 1.17 bits per heavy atom. The zero-order valence-electron chi connectivity index (χ0n) is 9.28. The van der Waals surface area contributed by atoms with Crippen LogP contribution in [0.4, 0.5) is 0 Å². The van der Waals surface area contributed by atoms with Crippen LogP contribution in [0.25, 0.3) is 0 Å². The highest BCUT2D eigenvalue weighted by Gasteiger charge is 2.07. The van der Waals surface area contributed by atoms with Crippen molar-refractivity contribution in [2.24, 2.45) is 5.73 Å². The third-order valence-electron chi connectivity index (χ3n) is 2.30. The Morgan fingerprint density at radius 3 is 2.50 bits per heavy atom. The highest BCUT2D eigenvalue weighted by molar-refractivity contribution is 9.10. The summed E-state index contributed by atoms with van der Waals surface area (Å²) < 4.78 is 6.53. The summed E-state index contributed by atoms with van der Waals surface area (Å²) in [6.07, 6.45) is 0. The second-order valence-electron chi connectivity index (χ2n) is 3.59. The van der Waals surface area contributed by atoms with Gasteiger partial charge in [0.2, 0.25) is 0 Å². The molecule has 3 nitrogen and oxygen atoms in total. The minimum atomic E-state index is -0.0238. The van der Waals surface area contributed by atoms with Gasteiger partial charge >= 0.3 is 0 Å². The molecule has 2 aromatic rings. The summed E-state index contributed by atoms with van der Waals surface area (Å²) in [5.41, 5.74) is 5.95. The lowest BCUT2D eigenvalue weighted by Crippen LogP contribution is -2.10. The van der Waals surface area contributed by atoms with Gasteiger partial charge in [-0.25, -0.2) is 0 Å². The van der Waals surface area contributed by atoms with Crippen molar-refractivity contribution in [3.05, 3.63) is 57.5 Å². The molecular formula is C13H10BrClN2O. The quantitative estimate of drug-likeness (QED) is 0.657. The fourth-order valence-corrected chi connectivity index (χ4v) is 1.98. The van der Waals surface area contributed by atoms with Crippen LogP contribution in [0.1, 0.15) is 5.56 Å². The molecule has 2 aromatic carbocycles. The number of ether oxygens (including phenoxy) is 1. The SMILES string of the molecule is N=C(N)c1ccc(Oc2ccccc2Br)c(Cl)c1. The summed E-state index contributed by atoms with van der Waals surface area (Å²) >= 11 is 9.48. The van der Waals surface area contributed by atoms with Crippen molar-refractivity contribution < 1.29 is 4.74 Å². The Bertz CT molecular complexity index is 601. The Balaban J connectivity index is 2.30. The van der Waals surface area contributed by atoms with Crippen LogP contribution in [0.3, 0.4) is 0 Å². The lowest BCUT2D eigenvalue weighted by Gasteiger charge is -2.10. The van der Waals surface area contributed by atoms with E-state index in [4.69, 9.17) is 27.5 Å². The minimum Gasteiger partial charge on any atom is -0.455 e. The number of hydrogen-bond donors (Lipinski definition) is 2. The van der Waals surface area contributed by atoms with Crippen molar-refractivity contribution >= 4 is 33.4 Å². The molecule has 0 spiro atoms. The minimum absolute atomic E-state index is 0.0238. The highest BCUT2D eigenvalue weighted by Crippen LogP contribution is 2.33. The molecule has 0 aliphatic heterocycles. The van der Waals surface area contributed by atoms with Crippen LogP contribution in [-0.4, -0.2) is 5.84 Å². The average molecular weight is 326 g/mol. The number of nitrogens with two attached hydrogens (primary N) is 1. The summed E-state index contributed by atoms with van der Waals surface area (Å²) in [6, 6.07) is 12.5. The van der Waals surface area contributed by atoms with Gasteiger partial charge in [-0.1, -0.05) is 23.7 Å². The Kier molecular flexibility index (Phi) is 3.89. The number of amidine groups is 1.